The molecule has 1 aliphatic rings. The number of aromatic nitrogens is 2. The zero-order valence-electron chi connectivity index (χ0n) is 10.8. The summed E-state index contributed by atoms with van der Waals surface area (Å²) in [4.78, 5) is 4.36. The number of aryl methyl sites for hydroxylation is 1. The Balaban J connectivity index is 1.92. The molecule has 0 bridgehead atoms. The van der Waals surface area contributed by atoms with E-state index in [2.05, 4.69) is 16.5 Å². The topological polar surface area (TPSA) is 38.0 Å². The SMILES string of the molecule is CCCc1nccn1CC(O)C1CCCCC1. The number of nitrogens with zero attached hydrogens (tertiary/aromatic N) is 2. The highest BCUT2D eigenvalue weighted by Gasteiger charge is 2.22. The van der Waals surface area contributed by atoms with Gasteiger partial charge in [0.25, 0.3) is 0 Å². The maximum Gasteiger partial charge on any atom is 0.108 e. The van der Waals surface area contributed by atoms with Crippen molar-refractivity contribution in [2.24, 2.45) is 5.92 Å². The Morgan fingerprint density at radius 1 is 1.41 bits per heavy atom. The van der Waals surface area contributed by atoms with Gasteiger partial charge in [-0.25, -0.2) is 4.98 Å². The molecular formula is C14H24N2O. The Morgan fingerprint density at radius 3 is 2.88 bits per heavy atom. The lowest BCUT2D eigenvalue weighted by Crippen LogP contribution is -2.28. The molecule has 1 fully saturated rings. The largest absolute Gasteiger partial charge is 0.391 e. The molecule has 96 valence electrons. The summed E-state index contributed by atoms with van der Waals surface area (Å²) >= 11 is 0. The number of aliphatic hydroxyl groups excluding tert-OH is 1. The minimum Gasteiger partial charge on any atom is -0.391 e. The normalized spacial score (nSPS) is 19.4. The number of rotatable bonds is 5. The number of aliphatic hydroxyl groups is 1. The van der Waals surface area contributed by atoms with Crippen LogP contribution in [0.1, 0.15) is 51.3 Å². The molecular weight excluding hydrogens is 212 g/mol. The van der Waals surface area contributed by atoms with Gasteiger partial charge in [-0.2, -0.15) is 0 Å². The molecule has 3 nitrogen and oxygen atoms in total. The fourth-order valence-corrected chi connectivity index (χ4v) is 2.83. The van der Waals surface area contributed by atoms with Crippen molar-refractivity contribution in [3.05, 3.63) is 18.2 Å². The molecule has 0 spiro atoms. The highest BCUT2D eigenvalue weighted by Crippen LogP contribution is 2.27. The van der Waals surface area contributed by atoms with E-state index in [9.17, 15) is 5.11 Å². The molecule has 1 aromatic heterocycles. The van der Waals surface area contributed by atoms with Gasteiger partial charge in [-0.3, -0.25) is 0 Å². The van der Waals surface area contributed by atoms with Crippen molar-refractivity contribution in [3.8, 4) is 0 Å². The van der Waals surface area contributed by atoms with Crippen LogP contribution in [0, 0.1) is 5.92 Å². The summed E-state index contributed by atoms with van der Waals surface area (Å²) in [6.07, 6.45) is 12.1. The molecule has 2 rings (SSSR count). The molecule has 3 heteroatoms. The van der Waals surface area contributed by atoms with Gasteiger partial charge in [0.2, 0.25) is 0 Å². The molecule has 1 unspecified atom stereocenters. The summed E-state index contributed by atoms with van der Waals surface area (Å²) in [5.74, 6) is 1.61. The highest BCUT2D eigenvalue weighted by molar-refractivity contribution is 4.93. The third-order valence-electron chi connectivity index (χ3n) is 3.85. The van der Waals surface area contributed by atoms with Crippen molar-refractivity contribution in [2.75, 3.05) is 0 Å². The van der Waals surface area contributed by atoms with Crippen molar-refractivity contribution in [2.45, 2.75) is 64.5 Å². The first-order chi connectivity index (χ1) is 8.31. The van der Waals surface area contributed by atoms with Gasteiger partial charge < -0.3 is 9.67 Å². The van der Waals surface area contributed by atoms with E-state index < -0.39 is 0 Å². The minimum atomic E-state index is -0.194. The minimum absolute atomic E-state index is 0.194. The first-order valence-corrected chi connectivity index (χ1v) is 6.99. The third-order valence-corrected chi connectivity index (χ3v) is 3.85. The van der Waals surface area contributed by atoms with E-state index in [1.165, 1.54) is 32.1 Å². The van der Waals surface area contributed by atoms with Gasteiger partial charge in [-0.15, -0.1) is 0 Å². The average Bonchev–Trinajstić information content (AvgIpc) is 2.78. The smallest absolute Gasteiger partial charge is 0.108 e. The van der Waals surface area contributed by atoms with E-state index >= 15 is 0 Å². The lowest BCUT2D eigenvalue weighted by atomic mass is 9.85. The Kier molecular flexibility index (Phi) is 4.60. The van der Waals surface area contributed by atoms with Crippen molar-refractivity contribution >= 4 is 0 Å². The van der Waals surface area contributed by atoms with Crippen LogP contribution < -0.4 is 0 Å². The number of imidazole rings is 1. The second-order valence-electron chi connectivity index (χ2n) is 5.21. The van der Waals surface area contributed by atoms with E-state index in [-0.39, 0.29) is 6.10 Å². The lowest BCUT2D eigenvalue weighted by molar-refractivity contribution is 0.0688. The summed E-state index contributed by atoms with van der Waals surface area (Å²) < 4.78 is 2.13. The van der Waals surface area contributed by atoms with Gasteiger partial charge in [0, 0.05) is 18.8 Å². The molecule has 0 aliphatic heterocycles. The highest BCUT2D eigenvalue weighted by atomic mass is 16.3. The lowest BCUT2D eigenvalue weighted by Gasteiger charge is -2.27. The van der Waals surface area contributed by atoms with Crippen molar-refractivity contribution in [1.29, 1.82) is 0 Å². The Hall–Kier alpha value is -0.830. The molecule has 1 N–H and O–H groups in total. The first kappa shape index (κ1) is 12.6. The molecule has 0 saturated heterocycles. The zero-order chi connectivity index (χ0) is 12.1. The van der Waals surface area contributed by atoms with E-state index in [1.807, 2.05) is 12.4 Å². The first-order valence-electron chi connectivity index (χ1n) is 6.99. The Labute approximate surface area is 104 Å². The van der Waals surface area contributed by atoms with E-state index in [0.717, 1.165) is 25.2 Å². The second-order valence-corrected chi connectivity index (χ2v) is 5.21. The zero-order valence-corrected chi connectivity index (χ0v) is 10.8. The summed E-state index contributed by atoms with van der Waals surface area (Å²) in [5.41, 5.74) is 0. The van der Waals surface area contributed by atoms with Crippen LogP contribution in [0.25, 0.3) is 0 Å². The van der Waals surface area contributed by atoms with Crippen LogP contribution in [-0.2, 0) is 13.0 Å². The van der Waals surface area contributed by atoms with Crippen LogP contribution in [0.2, 0.25) is 0 Å². The van der Waals surface area contributed by atoms with Gasteiger partial charge in [0.15, 0.2) is 0 Å². The number of hydrogen-bond acceptors (Lipinski definition) is 2. The molecule has 1 heterocycles. The Morgan fingerprint density at radius 2 is 2.18 bits per heavy atom. The Bertz CT molecular complexity index is 329. The molecule has 0 amide bonds. The fraction of sp³-hybridized carbons (Fsp3) is 0.786. The molecule has 1 saturated carbocycles. The summed E-state index contributed by atoms with van der Waals surface area (Å²) in [5, 5.41) is 10.3. The van der Waals surface area contributed by atoms with Crippen LogP contribution >= 0.6 is 0 Å². The molecule has 1 aromatic rings. The maximum atomic E-state index is 10.3. The van der Waals surface area contributed by atoms with Crippen LogP contribution in [0.4, 0.5) is 0 Å². The molecule has 1 atom stereocenters. The van der Waals surface area contributed by atoms with Crippen LogP contribution in [0.3, 0.4) is 0 Å². The van der Waals surface area contributed by atoms with Gasteiger partial charge in [0.1, 0.15) is 5.82 Å². The van der Waals surface area contributed by atoms with Crippen LogP contribution in [-0.4, -0.2) is 20.8 Å². The predicted molar refractivity (Wildman–Crippen MR) is 68.8 cm³/mol. The quantitative estimate of drug-likeness (QED) is 0.853. The molecule has 17 heavy (non-hydrogen) atoms. The average molecular weight is 236 g/mol. The van der Waals surface area contributed by atoms with Gasteiger partial charge in [-0.05, 0) is 25.2 Å². The third kappa shape index (κ3) is 3.32. The van der Waals surface area contributed by atoms with Crippen LogP contribution in [0.5, 0.6) is 0 Å². The van der Waals surface area contributed by atoms with Gasteiger partial charge in [0.05, 0.1) is 12.6 Å². The molecule has 0 radical (unpaired) electrons. The predicted octanol–water partition coefficient (Wildman–Crippen LogP) is 2.78. The van der Waals surface area contributed by atoms with Crippen molar-refractivity contribution < 1.29 is 5.11 Å². The van der Waals surface area contributed by atoms with Crippen LogP contribution in [0.15, 0.2) is 12.4 Å². The fourth-order valence-electron chi connectivity index (χ4n) is 2.83. The monoisotopic (exact) mass is 236 g/mol. The molecule has 0 aromatic carbocycles. The van der Waals surface area contributed by atoms with Gasteiger partial charge in [-0.1, -0.05) is 26.2 Å². The summed E-state index contributed by atoms with van der Waals surface area (Å²) in [6.45, 7) is 2.89. The summed E-state index contributed by atoms with van der Waals surface area (Å²) in [6, 6.07) is 0. The van der Waals surface area contributed by atoms with Gasteiger partial charge >= 0.3 is 0 Å². The van der Waals surface area contributed by atoms with E-state index in [0.29, 0.717) is 5.92 Å². The standard InChI is InChI=1S/C14H24N2O/c1-2-6-14-15-9-10-16(14)11-13(17)12-7-4-3-5-8-12/h9-10,12-13,17H,2-8,11H2,1H3. The second kappa shape index (κ2) is 6.20. The number of hydrogen-bond donors (Lipinski definition) is 1. The van der Waals surface area contributed by atoms with Crippen molar-refractivity contribution in [3.63, 3.8) is 0 Å². The van der Waals surface area contributed by atoms with E-state index in [4.69, 9.17) is 0 Å². The maximum absolute atomic E-state index is 10.3. The molecule has 1 aliphatic carbocycles. The summed E-state index contributed by atoms with van der Waals surface area (Å²) in [7, 11) is 0. The van der Waals surface area contributed by atoms with Crippen molar-refractivity contribution in [1.82, 2.24) is 9.55 Å². The van der Waals surface area contributed by atoms with E-state index in [1.54, 1.807) is 0 Å².